The van der Waals surface area contributed by atoms with E-state index in [1.54, 1.807) is 0 Å². The quantitative estimate of drug-likeness (QED) is 0.578. The van der Waals surface area contributed by atoms with E-state index < -0.39 is 11.8 Å². The molecule has 9 heteroatoms. The molecule has 0 saturated carbocycles. The maximum atomic E-state index is 13.0. The van der Waals surface area contributed by atoms with Gasteiger partial charge in [0.05, 0.1) is 23.7 Å². The molecule has 0 saturated heterocycles. The van der Waals surface area contributed by atoms with Gasteiger partial charge in [0.15, 0.2) is 0 Å². The van der Waals surface area contributed by atoms with Crippen molar-refractivity contribution in [3.63, 3.8) is 0 Å². The highest BCUT2D eigenvalue weighted by Crippen LogP contribution is 2.22. The predicted molar refractivity (Wildman–Crippen MR) is 79.0 cm³/mol. The van der Waals surface area contributed by atoms with Crippen LogP contribution in [0.3, 0.4) is 0 Å². The predicted octanol–water partition coefficient (Wildman–Crippen LogP) is 1.29. The van der Waals surface area contributed by atoms with E-state index in [0.29, 0.717) is 11.3 Å². The highest BCUT2D eigenvalue weighted by molar-refractivity contribution is 6.10. The number of benzene rings is 1. The summed E-state index contributed by atoms with van der Waals surface area (Å²) in [4.78, 5) is 23.6. The number of nitrogens with one attached hydrogen (secondary N) is 3. The third-order valence-electron chi connectivity index (χ3n) is 3.16. The monoisotopic (exact) mass is 314 g/mol. The lowest BCUT2D eigenvalue weighted by Gasteiger charge is -2.05. The zero-order valence-electron chi connectivity index (χ0n) is 11.6. The SMILES string of the molecule is NC(=O)c1cn[nH]c1NC(=O)c1cn[nH]c1-c1ccc(F)cc1. The van der Waals surface area contributed by atoms with Crippen molar-refractivity contribution in [3.8, 4) is 11.3 Å². The number of aromatic amines is 2. The van der Waals surface area contributed by atoms with Crippen LogP contribution in [0.4, 0.5) is 10.2 Å². The van der Waals surface area contributed by atoms with Gasteiger partial charge < -0.3 is 11.1 Å². The number of halogens is 1. The summed E-state index contributed by atoms with van der Waals surface area (Å²) in [5, 5.41) is 15.2. The molecular formula is C14H11FN6O2. The molecule has 0 spiro atoms. The Bertz CT molecular complexity index is 868. The van der Waals surface area contributed by atoms with Crippen molar-refractivity contribution in [1.29, 1.82) is 0 Å². The average molecular weight is 314 g/mol. The zero-order chi connectivity index (χ0) is 16.4. The summed E-state index contributed by atoms with van der Waals surface area (Å²) in [6, 6.07) is 5.59. The van der Waals surface area contributed by atoms with Gasteiger partial charge in [0, 0.05) is 5.56 Å². The lowest BCUT2D eigenvalue weighted by molar-refractivity contribution is 0.100. The number of hydrogen-bond donors (Lipinski definition) is 4. The third-order valence-corrected chi connectivity index (χ3v) is 3.16. The molecule has 0 aliphatic rings. The molecule has 2 aromatic heterocycles. The maximum absolute atomic E-state index is 13.0. The second-order valence-electron chi connectivity index (χ2n) is 4.64. The van der Waals surface area contributed by atoms with Crippen LogP contribution in [0.5, 0.6) is 0 Å². The van der Waals surface area contributed by atoms with Crippen LogP contribution < -0.4 is 11.1 Å². The fourth-order valence-electron chi connectivity index (χ4n) is 2.04. The highest BCUT2D eigenvalue weighted by atomic mass is 19.1. The molecule has 0 aliphatic carbocycles. The minimum Gasteiger partial charge on any atom is -0.365 e. The lowest BCUT2D eigenvalue weighted by atomic mass is 10.1. The van der Waals surface area contributed by atoms with Crippen LogP contribution in [0.1, 0.15) is 20.7 Å². The molecule has 116 valence electrons. The van der Waals surface area contributed by atoms with Crippen molar-refractivity contribution in [2.45, 2.75) is 0 Å². The largest absolute Gasteiger partial charge is 0.365 e. The molecule has 8 nitrogen and oxygen atoms in total. The summed E-state index contributed by atoms with van der Waals surface area (Å²) in [6.45, 7) is 0. The van der Waals surface area contributed by atoms with E-state index in [-0.39, 0.29) is 22.8 Å². The minimum absolute atomic E-state index is 0.0603. The molecule has 1 aromatic carbocycles. The van der Waals surface area contributed by atoms with Gasteiger partial charge in [-0.15, -0.1) is 0 Å². The molecule has 0 unspecified atom stereocenters. The molecule has 2 heterocycles. The summed E-state index contributed by atoms with van der Waals surface area (Å²) < 4.78 is 13.0. The number of hydrogen-bond acceptors (Lipinski definition) is 4. The van der Waals surface area contributed by atoms with Crippen molar-refractivity contribution in [2.24, 2.45) is 5.73 Å². The molecule has 2 amide bonds. The van der Waals surface area contributed by atoms with Crippen LogP contribution in [0.25, 0.3) is 11.3 Å². The molecule has 0 bridgehead atoms. The highest BCUT2D eigenvalue weighted by Gasteiger charge is 2.19. The van der Waals surface area contributed by atoms with Gasteiger partial charge in [-0.05, 0) is 24.3 Å². The number of H-pyrrole nitrogens is 2. The normalized spacial score (nSPS) is 10.5. The Morgan fingerprint density at radius 3 is 2.39 bits per heavy atom. The summed E-state index contributed by atoms with van der Waals surface area (Å²) in [5.41, 5.74) is 6.48. The molecule has 0 radical (unpaired) electrons. The Labute approximate surface area is 128 Å². The van der Waals surface area contributed by atoms with Crippen molar-refractivity contribution in [1.82, 2.24) is 20.4 Å². The van der Waals surface area contributed by atoms with Crippen molar-refractivity contribution < 1.29 is 14.0 Å². The Kier molecular flexibility index (Phi) is 3.59. The fourth-order valence-corrected chi connectivity index (χ4v) is 2.04. The number of amides is 2. The first-order valence-corrected chi connectivity index (χ1v) is 6.50. The molecule has 0 atom stereocenters. The second-order valence-corrected chi connectivity index (χ2v) is 4.64. The Balaban J connectivity index is 1.89. The number of primary amides is 1. The van der Waals surface area contributed by atoms with Gasteiger partial charge in [0.2, 0.25) is 0 Å². The van der Waals surface area contributed by atoms with Crippen molar-refractivity contribution >= 4 is 17.6 Å². The summed E-state index contributed by atoms with van der Waals surface area (Å²) in [7, 11) is 0. The Morgan fingerprint density at radius 2 is 1.70 bits per heavy atom. The fraction of sp³-hybridized carbons (Fsp3) is 0. The smallest absolute Gasteiger partial charge is 0.260 e. The average Bonchev–Trinajstić information content (AvgIpc) is 3.16. The van der Waals surface area contributed by atoms with E-state index in [2.05, 4.69) is 25.7 Å². The van der Waals surface area contributed by atoms with Gasteiger partial charge in [0.25, 0.3) is 11.8 Å². The summed E-state index contributed by atoms with van der Waals surface area (Å²) in [5.74, 6) is -1.54. The molecule has 3 rings (SSSR count). The molecule has 0 aliphatic heterocycles. The van der Waals surface area contributed by atoms with Crippen LogP contribution in [0.15, 0.2) is 36.7 Å². The minimum atomic E-state index is -0.722. The zero-order valence-corrected chi connectivity index (χ0v) is 11.6. The molecular weight excluding hydrogens is 303 g/mol. The van der Waals surface area contributed by atoms with E-state index in [1.807, 2.05) is 0 Å². The number of carbonyl (C=O) groups excluding carboxylic acids is 2. The lowest BCUT2D eigenvalue weighted by Crippen LogP contribution is -2.17. The van der Waals surface area contributed by atoms with Gasteiger partial charge >= 0.3 is 0 Å². The number of carbonyl (C=O) groups is 2. The van der Waals surface area contributed by atoms with Crippen molar-refractivity contribution in [2.75, 3.05) is 5.32 Å². The molecule has 0 fully saturated rings. The van der Waals surface area contributed by atoms with E-state index in [0.717, 1.165) is 0 Å². The van der Waals surface area contributed by atoms with E-state index in [1.165, 1.54) is 36.7 Å². The summed E-state index contributed by atoms with van der Waals surface area (Å²) in [6.07, 6.45) is 2.54. The molecule has 23 heavy (non-hydrogen) atoms. The van der Waals surface area contributed by atoms with Gasteiger partial charge in [-0.1, -0.05) is 0 Å². The molecule has 5 N–H and O–H groups in total. The number of rotatable bonds is 4. The maximum Gasteiger partial charge on any atom is 0.260 e. The van der Waals surface area contributed by atoms with Gasteiger partial charge in [0.1, 0.15) is 17.2 Å². The van der Waals surface area contributed by atoms with E-state index >= 15 is 0 Å². The standard InChI is InChI=1S/C14H11FN6O2/c15-8-3-1-7(2-4-8)11-9(5-17-20-11)14(23)19-13-10(12(16)22)6-18-21-13/h1-6H,(H2,16,22)(H,17,20)(H2,18,19,21,23). The van der Waals surface area contributed by atoms with E-state index in [4.69, 9.17) is 5.73 Å². The first kappa shape index (κ1) is 14.4. The number of aromatic nitrogens is 4. The first-order valence-electron chi connectivity index (χ1n) is 6.50. The topological polar surface area (TPSA) is 130 Å². The van der Waals surface area contributed by atoms with Crippen LogP contribution in [0.2, 0.25) is 0 Å². The van der Waals surface area contributed by atoms with E-state index in [9.17, 15) is 14.0 Å². The van der Waals surface area contributed by atoms with Gasteiger partial charge in [-0.2, -0.15) is 10.2 Å². The van der Waals surface area contributed by atoms with Gasteiger partial charge in [-0.3, -0.25) is 19.8 Å². The molecule has 3 aromatic rings. The Morgan fingerprint density at radius 1 is 1.04 bits per heavy atom. The van der Waals surface area contributed by atoms with Crippen LogP contribution in [0, 0.1) is 5.82 Å². The third kappa shape index (κ3) is 2.79. The number of nitrogens with zero attached hydrogens (tertiary/aromatic N) is 2. The van der Waals surface area contributed by atoms with Gasteiger partial charge in [-0.25, -0.2) is 4.39 Å². The van der Waals surface area contributed by atoms with Crippen LogP contribution in [-0.2, 0) is 0 Å². The Hall–Kier alpha value is -3.49. The first-order chi connectivity index (χ1) is 11.1. The summed E-state index contributed by atoms with van der Waals surface area (Å²) >= 11 is 0. The van der Waals surface area contributed by atoms with Crippen LogP contribution in [-0.4, -0.2) is 32.2 Å². The number of anilines is 1. The van der Waals surface area contributed by atoms with Crippen LogP contribution >= 0.6 is 0 Å². The van der Waals surface area contributed by atoms with Crippen molar-refractivity contribution in [3.05, 3.63) is 53.6 Å². The number of nitrogens with two attached hydrogens (primary N) is 1. The second kappa shape index (κ2) is 5.72.